The second-order valence-electron chi connectivity index (χ2n) is 8.89. The second kappa shape index (κ2) is 9.24. The minimum Gasteiger partial charge on any atom is -0.494 e. The number of ether oxygens (including phenoxy) is 1. The second-order valence-corrected chi connectivity index (χ2v) is 8.89. The fourth-order valence-corrected chi connectivity index (χ4v) is 4.53. The number of dihydropyridines is 1. The van der Waals surface area contributed by atoms with Crippen LogP contribution in [-0.2, 0) is 11.3 Å². The Labute approximate surface area is 199 Å². The summed E-state index contributed by atoms with van der Waals surface area (Å²) in [7, 11) is 0. The summed E-state index contributed by atoms with van der Waals surface area (Å²) in [6, 6.07) is 20.9. The van der Waals surface area contributed by atoms with Gasteiger partial charge in [-0.3, -0.25) is 0 Å². The number of hydrogen-bond donors (Lipinski definition) is 2. The van der Waals surface area contributed by atoms with Crippen molar-refractivity contribution in [2.24, 2.45) is 0 Å². The molecule has 0 fully saturated rings. The smallest absolute Gasteiger partial charge is 0.141 e. The van der Waals surface area contributed by atoms with E-state index in [1.807, 2.05) is 31.3 Å². The number of allylic oxidation sites excluding steroid dienone is 3. The van der Waals surface area contributed by atoms with Crippen molar-refractivity contribution >= 4 is 27.5 Å². The van der Waals surface area contributed by atoms with Crippen molar-refractivity contribution in [1.29, 1.82) is 0 Å². The number of aliphatic hydroxyl groups is 1. The number of para-hydroxylation sites is 1. The van der Waals surface area contributed by atoms with Crippen LogP contribution < -0.4 is 5.32 Å². The maximum absolute atomic E-state index is 9.66. The van der Waals surface area contributed by atoms with E-state index in [1.165, 1.54) is 11.1 Å². The standard InChI is InChI=1S/C30H29NO3/c1-19-8-10-22(11-9-19)23-14-15-31-27(17-23)29-24(18-33-21(3)16-20(2)32)12-13-26-25-6-4-5-7-28(25)34-30(26)29/h4-17,20,27,31-32H,18H2,1-3H3/b21-16-. The topological polar surface area (TPSA) is 54.6 Å². The lowest BCUT2D eigenvalue weighted by molar-refractivity contribution is 0.184. The van der Waals surface area contributed by atoms with E-state index in [0.717, 1.165) is 38.6 Å². The van der Waals surface area contributed by atoms with Crippen molar-refractivity contribution in [3.05, 3.63) is 113 Å². The maximum Gasteiger partial charge on any atom is 0.141 e. The van der Waals surface area contributed by atoms with Gasteiger partial charge in [-0.1, -0.05) is 60.2 Å². The van der Waals surface area contributed by atoms with Crippen molar-refractivity contribution in [2.75, 3.05) is 0 Å². The highest BCUT2D eigenvalue weighted by Crippen LogP contribution is 2.38. The Morgan fingerprint density at radius 2 is 1.88 bits per heavy atom. The molecule has 4 heteroatoms. The van der Waals surface area contributed by atoms with E-state index in [-0.39, 0.29) is 6.04 Å². The van der Waals surface area contributed by atoms with Crippen LogP contribution in [-0.4, -0.2) is 11.2 Å². The van der Waals surface area contributed by atoms with Gasteiger partial charge in [0.05, 0.1) is 17.9 Å². The SMILES string of the molecule is C/C(=C/C(C)O)OCc1ccc2c(oc3ccccc32)c1C1C=C(c2ccc(C)cc2)C=CN1. The molecule has 3 aromatic carbocycles. The lowest BCUT2D eigenvalue weighted by Gasteiger charge is -2.23. The first-order valence-corrected chi connectivity index (χ1v) is 11.6. The molecule has 0 spiro atoms. The van der Waals surface area contributed by atoms with Crippen LogP contribution in [0.3, 0.4) is 0 Å². The summed E-state index contributed by atoms with van der Waals surface area (Å²) in [4.78, 5) is 0. The molecule has 2 N–H and O–H groups in total. The summed E-state index contributed by atoms with van der Waals surface area (Å²) in [6.45, 7) is 6.06. The average Bonchev–Trinajstić information content (AvgIpc) is 3.21. The van der Waals surface area contributed by atoms with E-state index in [0.29, 0.717) is 12.4 Å². The Kier molecular flexibility index (Phi) is 5.99. The van der Waals surface area contributed by atoms with Gasteiger partial charge in [0, 0.05) is 16.3 Å². The van der Waals surface area contributed by atoms with Crippen molar-refractivity contribution in [2.45, 2.75) is 39.5 Å². The van der Waals surface area contributed by atoms with Gasteiger partial charge in [0.25, 0.3) is 0 Å². The van der Waals surface area contributed by atoms with Crippen LogP contribution in [0.15, 0.2) is 95.3 Å². The predicted octanol–water partition coefficient (Wildman–Crippen LogP) is 6.94. The fourth-order valence-electron chi connectivity index (χ4n) is 4.53. The molecule has 0 bridgehead atoms. The number of hydrogen-bond acceptors (Lipinski definition) is 4. The predicted molar refractivity (Wildman–Crippen MR) is 138 cm³/mol. The van der Waals surface area contributed by atoms with E-state index in [1.54, 1.807) is 13.0 Å². The maximum atomic E-state index is 9.66. The van der Waals surface area contributed by atoms with E-state index in [4.69, 9.17) is 9.15 Å². The number of benzene rings is 3. The number of aliphatic hydroxyl groups excluding tert-OH is 1. The number of furan rings is 1. The van der Waals surface area contributed by atoms with Gasteiger partial charge in [-0.2, -0.15) is 0 Å². The molecule has 0 saturated carbocycles. The van der Waals surface area contributed by atoms with E-state index < -0.39 is 6.10 Å². The van der Waals surface area contributed by atoms with Crippen LogP contribution in [0.5, 0.6) is 0 Å². The lowest BCUT2D eigenvalue weighted by atomic mass is 9.92. The Morgan fingerprint density at radius 1 is 1.09 bits per heavy atom. The quantitative estimate of drug-likeness (QED) is 0.312. The molecule has 4 aromatic rings. The third kappa shape index (κ3) is 4.37. The molecular formula is C30H29NO3. The van der Waals surface area contributed by atoms with E-state index in [2.05, 4.69) is 66.9 Å². The summed E-state index contributed by atoms with van der Waals surface area (Å²) in [6.07, 6.45) is 7.50. The van der Waals surface area contributed by atoms with Crippen LogP contribution in [0.25, 0.3) is 27.5 Å². The highest BCUT2D eigenvalue weighted by Gasteiger charge is 2.22. The van der Waals surface area contributed by atoms with Crippen LogP contribution in [0.1, 0.15) is 42.1 Å². The average molecular weight is 452 g/mol. The molecule has 2 atom stereocenters. The number of aryl methyl sites for hydroxylation is 1. The Hall–Kier alpha value is -3.76. The molecule has 1 aliphatic rings. The van der Waals surface area contributed by atoms with Crippen LogP contribution in [0, 0.1) is 6.92 Å². The van der Waals surface area contributed by atoms with Gasteiger partial charge >= 0.3 is 0 Å². The first-order chi connectivity index (χ1) is 16.5. The van der Waals surface area contributed by atoms with Crippen LogP contribution in [0.4, 0.5) is 0 Å². The van der Waals surface area contributed by atoms with Gasteiger partial charge in [-0.15, -0.1) is 0 Å². The third-order valence-electron chi connectivity index (χ3n) is 6.19. The minimum absolute atomic E-state index is 0.0785. The van der Waals surface area contributed by atoms with Crippen molar-refractivity contribution in [1.82, 2.24) is 5.32 Å². The Bertz CT molecular complexity index is 1420. The first kappa shape index (κ1) is 22.1. The summed E-state index contributed by atoms with van der Waals surface area (Å²) in [5.74, 6) is 0.693. The zero-order chi connectivity index (χ0) is 23.7. The zero-order valence-corrected chi connectivity index (χ0v) is 19.7. The highest BCUT2D eigenvalue weighted by molar-refractivity contribution is 6.06. The minimum atomic E-state index is -0.553. The molecule has 0 aliphatic carbocycles. The molecule has 4 nitrogen and oxygen atoms in total. The zero-order valence-electron chi connectivity index (χ0n) is 19.7. The molecule has 0 saturated heterocycles. The molecule has 2 unspecified atom stereocenters. The number of fused-ring (bicyclic) bond motifs is 3. The summed E-state index contributed by atoms with van der Waals surface area (Å²) in [5, 5.41) is 15.4. The molecule has 2 heterocycles. The van der Waals surface area contributed by atoms with Crippen molar-refractivity contribution in [3.8, 4) is 0 Å². The van der Waals surface area contributed by atoms with Gasteiger partial charge in [0.1, 0.15) is 17.8 Å². The van der Waals surface area contributed by atoms with Crippen LogP contribution in [0.2, 0.25) is 0 Å². The van der Waals surface area contributed by atoms with Crippen molar-refractivity contribution < 1.29 is 14.3 Å². The molecule has 34 heavy (non-hydrogen) atoms. The van der Waals surface area contributed by atoms with Gasteiger partial charge in [0.15, 0.2) is 0 Å². The third-order valence-corrected chi connectivity index (χ3v) is 6.19. The van der Waals surface area contributed by atoms with Crippen LogP contribution >= 0.6 is 0 Å². The molecule has 172 valence electrons. The lowest BCUT2D eigenvalue weighted by Crippen LogP contribution is -2.18. The van der Waals surface area contributed by atoms with E-state index >= 15 is 0 Å². The first-order valence-electron chi connectivity index (χ1n) is 11.6. The number of nitrogens with one attached hydrogen (secondary N) is 1. The molecule has 5 rings (SSSR count). The fraction of sp³-hybridized carbons (Fsp3) is 0.200. The summed E-state index contributed by atoms with van der Waals surface area (Å²) >= 11 is 0. The highest BCUT2D eigenvalue weighted by atomic mass is 16.5. The number of rotatable bonds is 6. The van der Waals surface area contributed by atoms with Gasteiger partial charge in [0.2, 0.25) is 0 Å². The largest absolute Gasteiger partial charge is 0.494 e. The van der Waals surface area contributed by atoms with E-state index in [9.17, 15) is 5.11 Å². The Balaban J connectivity index is 1.62. The normalized spacial score (nSPS) is 17.0. The Morgan fingerprint density at radius 3 is 2.68 bits per heavy atom. The van der Waals surface area contributed by atoms with Crippen molar-refractivity contribution in [3.63, 3.8) is 0 Å². The molecular weight excluding hydrogens is 422 g/mol. The molecule has 1 aliphatic heterocycles. The van der Waals surface area contributed by atoms with Gasteiger partial charge in [-0.05, 0) is 68.0 Å². The van der Waals surface area contributed by atoms with Gasteiger partial charge < -0.3 is 19.6 Å². The summed E-state index contributed by atoms with van der Waals surface area (Å²) in [5.41, 5.74) is 7.42. The molecule has 1 aromatic heterocycles. The van der Waals surface area contributed by atoms with Gasteiger partial charge in [-0.25, -0.2) is 0 Å². The molecule has 0 amide bonds. The molecule has 0 radical (unpaired) electrons. The monoisotopic (exact) mass is 451 g/mol. The summed E-state index contributed by atoms with van der Waals surface area (Å²) < 4.78 is 12.4.